The molecule has 1 unspecified atom stereocenters. The Bertz CT molecular complexity index is 489. The Morgan fingerprint density at radius 1 is 1.50 bits per heavy atom. The second kappa shape index (κ2) is 6.35. The predicted molar refractivity (Wildman–Crippen MR) is 77.6 cm³/mol. The molecule has 3 nitrogen and oxygen atoms in total. The molecular weight excluding hydrogens is 255 g/mol. The molecule has 4 heteroatoms. The lowest BCUT2D eigenvalue weighted by Crippen LogP contribution is -2.32. The summed E-state index contributed by atoms with van der Waals surface area (Å²) in [4.78, 5) is 12.0. The minimum Gasteiger partial charge on any atom is -0.350 e. The van der Waals surface area contributed by atoms with Crippen molar-refractivity contribution in [2.75, 3.05) is 0 Å². The van der Waals surface area contributed by atoms with Gasteiger partial charge in [-0.05, 0) is 49.8 Å². The minimum absolute atomic E-state index is 0.0295. The number of carbonyl (C=O) groups is 1. The molecule has 3 atom stereocenters. The van der Waals surface area contributed by atoms with Crippen LogP contribution in [0.5, 0.6) is 0 Å². The number of benzene rings is 1. The fourth-order valence-electron chi connectivity index (χ4n) is 2.88. The summed E-state index contributed by atoms with van der Waals surface area (Å²) in [5, 5.41) is 2.97. The molecule has 0 radical (unpaired) electrons. The molecule has 1 aromatic carbocycles. The van der Waals surface area contributed by atoms with Crippen molar-refractivity contribution in [3.63, 3.8) is 0 Å². The van der Waals surface area contributed by atoms with E-state index in [4.69, 9.17) is 5.73 Å². The first-order chi connectivity index (χ1) is 9.47. The zero-order chi connectivity index (χ0) is 14.7. The summed E-state index contributed by atoms with van der Waals surface area (Å²) in [6.07, 6.45) is 3.67. The number of hydrogen-bond acceptors (Lipinski definition) is 2. The molecule has 1 aliphatic rings. The molecular formula is C16H23FN2O. The Labute approximate surface area is 119 Å². The molecule has 0 saturated heterocycles. The fraction of sp³-hybridized carbons (Fsp3) is 0.562. The standard InChI is InChI=1S/C16H23FN2O/c1-10-8-12(6-7-14(10)17)11(2)19-16(20)9-13-4-3-5-15(13)18/h6-8,11,13,15H,3-5,9,18H2,1-2H3,(H,19,20)/t11?,13-,15+/m0/s1. The quantitative estimate of drug-likeness (QED) is 0.889. The van der Waals surface area contributed by atoms with Crippen LogP contribution in [-0.4, -0.2) is 11.9 Å². The minimum atomic E-state index is -0.218. The van der Waals surface area contributed by atoms with Crippen LogP contribution in [0.2, 0.25) is 0 Å². The van der Waals surface area contributed by atoms with Gasteiger partial charge in [0.25, 0.3) is 0 Å². The van der Waals surface area contributed by atoms with E-state index >= 15 is 0 Å². The van der Waals surface area contributed by atoms with E-state index in [2.05, 4.69) is 5.32 Å². The van der Waals surface area contributed by atoms with Crippen molar-refractivity contribution >= 4 is 5.91 Å². The fourth-order valence-corrected chi connectivity index (χ4v) is 2.88. The van der Waals surface area contributed by atoms with Gasteiger partial charge in [-0.3, -0.25) is 4.79 Å². The largest absolute Gasteiger partial charge is 0.350 e. The lowest BCUT2D eigenvalue weighted by molar-refractivity contribution is -0.122. The summed E-state index contributed by atoms with van der Waals surface area (Å²) in [7, 11) is 0. The zero-order valence-electron chi connectivity index (χ0n) is 12.2. The number of rotatable bonds is 4. The van der Waals surface area contributed by atoms with Gasteiger partial charge in [0.2, 0.25) is 5.91 Å². The van der Waals surface area contributed by atoms with Crippen molar-refractivity contribution in [2.24, 2.45) is 11.7 Å². The number of aryl methyl sites for hydroxylation is 1. The molecule has 110 valence electrons. The predicted octanol–water partition coefficient (Wildman–Crippen LogP) is 2.83. The average Bonchev–Trinajstić information content (AvgIpc) is 2.78. The van der Waals surface area contributed by atoms with Crippen LogP contribution in [0.25, 0.3) is 0 Å². The van der Waals surface area contributed by atoms with Gasteiger partial charge in [0.1, 0.15) is 5.82 Å². The third kappa shape index (κ3) is 3.57. The second-order valence-corrected chi connectivity index (χ2v) is 5.86. The molecule has 1 aliphatic carbocycles. The number of carbonyl (C=O) groups excluding carboxylic acids is 1. The molecule has 1 aromatic rings. The van der Waals surface area contributed by atoms with Crippen molar-refractivity contribution in [3.05, 3.63) is 35.1 Å². The molecule has 20 heavy (non-hydrogen) atoms. The van der Waals surface area contributed by atoms with Crippen LogP contribution in [0.15, 0.2) is 18.2 Å². The maximum absolute atomic E-state index is 13.2. The third-order valence-corrected chi connectivity index (χ3v) is 4.22. The Kier molecular flexibility index (Phi) is 4.76. The Balaban J connectivity index is 1.91. The highest BCUT2D eigenvalue weighted by Crippen LogP contribution is 2.27. The molecule has 0 spiro atoms. The first-order valence-electron chi connectivity index (χ1n) is 7.28. The zero-order valence-corrected chi connectivity index (χ0v) is 12.2. The Morgan fingerprint density at radius 2 is 2.25 bits per heavy atom. The monoisotopic (exact) mass is 278 g/mol. The lowest BCUT2D eigenvalue weighted by atomic mass is 9.99. The van der Waals surface area contributed by atoms with E-state index in [9.17, 15) is 9.18 Å². The van der Waals surface area contributed by atoms with Gasteiger partial charge in [-0.1, -0.05) is 18.6 Å². The molecule has 1 saturated carbocycles. The van der Waals surface area contributed by atoms with E-state index in [0.717, 1.165) is 24.8 Å². The summed E-state index contributed by atoms with van der Waals surface area (Å²) in [5.74, 6) is 0.114. The van der Waals surface area contributed by atoms with Crippen LogP contribution in [0, 0.1) is 18.7 Å². The van der Waals surface area contributed by atoms with Gasteiger partial charge < -0.3 is 11.1 Å². The molecule has 1 amide bonds. The lowest BCUT2D eigenvalue weighted by Gasteiger charge is -2.18. The van der Waals surface area contributed by atoms with Gasteiger partial charge in [0.15, 0.2) is 0 Å². The molecule has 1 fully saturated rings. The summed E-state index contributed by atoms with van der Waals surface area (Å²) in [6, 6.07) is 4.99. The van der Waals surface area contributed by atoms with Crippen LogP contribution in [0.3, 0.4) is 0 Å². The van der Waals surface area contributed by atoms with Crippen LogP contribution in [0.1, 0.15) is 49.8 Å². The first kappa shape index (κ1) is 15.0. The highest BCUT2D eigenvalue weighted by Gasteiger charge is 2.26. The van der Waals surface area contributed by atoms with Crippen LogP contribution < -0.4 is 11.1 Å². The second-order valence-electron chi connectivity index (χ2n) is 5.86. The molecule has 0 bridgehead atoms. The molecule has 3 N–H and O–H groups in total. The highest BCUT2D eigenvalue weighted by molar-refractivity contribution is 5.76. The van der Waals surface area contributed by atoms with Crippen molar-refractivity contribution < 1.29 is 9.18 Å². The van der Waals surface area contributed by atoms with Crippen molar-refractivity contribution in [1.29, 1.82) is 0 Å². The SMILES string of the molecule is Cc1cc(C(C)NC(=O)C[C@@H]2CCC[C@H]2N)ccc1F. The van der Waals surface area contributed by atoms with Crippen LogP contribution in [0.4, 0.5) is 4.39 Å². The van der Waals surface area contributed by atoms with E-state index in [0.29, 0.717) is 17.9 Å². The normalized spacial score (nSPS) is 23.6. The number of amides is 1. The Hall–Kier alpha value is -1.42. The van der Waals surface area contributed by atoms with Crippen molar-refractivity contribution in [1.82, 2.24) is 5.32 Å². The summed E-state index contributed by atoms with van der Waals surface area (Å²) in [5.41, 5.74) is 7.51. The molecule has 2 rings (SSSR count). The molecule has 0 aromatic heterocycles. The number of hydrogen-bond donors (Lipinski definition) is 2. The van der Waals surface area contributed by atoms with Crippen molar-refractivity contribution in [3.8, 4) is 0 Å². The average molecular weight is 278 g/mol. The number of halogens is 1. The summed E-state index contributed by atoms with van der Waals surface area (Å²) < 4.78 is 13.2. The van der Waals surface area contributed by atoms with Gasteiger partial charge >= 0.3 is 0 Å². The third-order valence-electron chi connectivity index (χ3n) is 4.22. The molecule has 0 heterocycles. The summed E-state index contributed by atoms with van der Waals surface area (Å²) in [6.45, 7) is 3.64. The number of nitrogens with one attached hydrogen (secondary N) is 1. The van der Waals surface area contributed by atoms with E-state index < -0.39 is 0 Å². The maximum Gasteiger partial charge on any atom is 0.220 e. The van der Waals surface area contributed by atoms with Crippen LogP contribution >= 0.6 is 0 Å². The number of nitrogens with two attached hydrogens (primary N) is 1. The Morgan fingerprint density at radius 3 is 2.85 bits per heavy atom. The topological polar surface area (TPSA) is 55.1 Å². The van der Waals surface area contributed by atoms with E-state index in [-0.39, 0.29) is 23.8 Å². The van der Waals surface area contributed by atoms with Gasteiger partial charge in [-0.15, -0.1) is 0 Å². The van der Waals surface area contributed by atoms with Gasteiger partial charge in [0.05, 0.1) is 6.04 Å². The van der Waals surface area contributed by atoms with Gasteiger partial charge in [0, 0.05) is 12.5 Å². The van der Waals surface area contributed by atoms with E-state index in [1.807, 2.05) is 6.92 Å². The first-order valence-corrected chi connectivity index (χ1v) is 7.28. The van der Waals surface area contributed by atoms with E-state index in [1.54, 1.807) is 19.1 Å². The summed E-state index contributed by atoms with van der Waals surface area (Å²) >= 11 is 0. The van der Waals surface area contributed by atoms with Gasteiger partial charge in [-0.2, -0.15) is 0 Å². The van der Waals surface area contributed by atoms with E-state index in [1.165, 1.54) is 6.07 Å². The molecule has 0 aliphatic heterocycles. The van der Waals surface area contributed by atoms with Gasteiger partial charge in [-0.25, -0.2) is 4.39 Å². The highest BCUT2D eigenvalue weighted by atomic mass is 19.1. The maximum atomic E-state index is 13.2. The van der Waals surface area contributed by atoms with Crippen molar-refractivity contribution in [2.45, 2.75) is 51.6 Å². The smallest absolute Gasteiger partial charge is 0.220 e. The van der Waals surface area contributed by atoms with Crippen LogP contribution in [-0.2, 0) is 4.79 Å².